The Morgan fingerprint density at radius 1 is 1.19 bits per heavy atom. The zero-order valence-corrected chi connectivity index (χ0v) is 12.1. The van der Waals surface area contributed by atoms with Gasteiger partial charge in [0.2, 0.25) is 0 Å². The predicted molar refractivity (Wildman–Crippen MR) is 74.1 cm³/mol. The van der Waals surface area contributed by atoms with Gasteiger partial charge >= 0.3 is 17.9 Å². The Labute approximate surface area is 121 Å². The molecule has 1 heterocycles. The average molecular weight is 295 g/mol. The number of aromatic nitrogens is 1. The normalized spacial score (nSPS) is 10.6. The lowest BCUT2D eigenvalue weighted by molar-refractivity contribution is -0.137. The Hall–Kier alpha value is -2.57. The molecular formula is C14H17NO6. The number of H-pyrrole nitrogens is 1. The van der Waals surface area contributed by atoms with Crippen molar-refractivity contribution in [1.82, 2.24) is 4.98 Å². The van der Waals surface area contributed by atoms with E-state index in [2.05, 4.69) is 4.98 Å². The van der Waals surface area contributed by atoms with Crippen LogP contribution in [0, 0.1) is 6.92 Å². The van der Waals surface area contributed by atoms with E-state index in [9.17, 15) is 14.4 Å². The molecule has 1 aromatic rings. The Morgan fingerprint density at radius 3 is 2.33 bits per heavy atom. The van der Waals surface area contributed by atoms with Crippen LogP contribution in [-0.2, 0) is 14.3 Å². The van der Waals surface area contributed by atoms with Gasteiger partial charge in [-0.2, -0.15) is 0 Å². The van der Waals surface area contributed by atoms with Crippen LogP contribution in [-0.4, -0.2) is 41.2 Å². The minimum Gasteiger partial charge on any atom is -0.477 e. The number of aromatic amines is 1. The highest BCUT2D eigenvalue weighted by atomic mass is 16.5. The molecule has 0 aliphatic rings. The predicted octanol–water partition coefficient (Wildman–Crippen LogP) is 1.77. The zero-order chi connectivity index (χ0) is 16.0. The van der Waals surface area contributed by atoms with Gasteiger partial charge < -0.3 is 19.6 Å². The van der Waals surface area contributed by atoms with Crippen LogP contribution in [0.5, 0.6) is 0 Å². The lowest BCUT2D eigenvalue weighted by atomic mass is 10.1. The van der Waals surface area contributed by atoms with Gasteiger partial charge in [0.1, 0.15) is 5.69 Å². The van der Waals surface area contributed by atoms with Gasteiger partial charge in [0.25, 0.3) is 0 Å². The van der Waals surface area contributed by atoms with E-state index < -0.39 is 17.9 Å². The van der Waals surface area contributed by atoms with E-state index in [0.29, 0.717) is 0 Å². The molecule has 7 heteroatoms. The number of carbonyl (C=O) groups excluding carboxylic acids is 2. The Kier molecular flexibility index (Phi) is 5.71. The van der Waals surface area contributed by atoms with Crippen molar-refractivity contribution < 1.29 is 29.0 Å². The summed E-state index contributed by atoms with van der Waals surface area (Å²) < 4.78 is 9.62. The smallest absolute Gasteiger partial charge is 0.352 e. The molecule has 0 amide bonds. The van der Waals surface area contributed by atoms with E-state index in [-0.39, 0.29) is 35.7 Å². The molecule has 0 aromatic carbocycles. The second-order valence-corrected chi connectivity index (χ2v) is 4.02. The fraction of sp³-hybridized carbons (Fsp3) is 0.357. The molecule has 0 aliphatic carbocycles. The molecule has 0 aliphatic heterocycles. The molecule has 0 atom stereocenters. The molecule has 1 rings (SSSR count). The van der Waals surface area contributed by atoms with E-state index in [1.54, 1.807) is 13.8 Å². The molecule has 2 N–H and O–H groups in total. The van der Waals surface area contributed by atoms with Gasteiger partial charge in [-0.3, -0.25) is 0 Å². The van der Waals surface area contributed by atoms with Gasteiger partial charge in [0, 0.05) is 6.08 Å². The molecule has 0 bridgehead atoms. The van der Waals surface area contributed by atoms with E-state index in [1.807, 2.05) is 0 Å². The summed E-state index contributed by atoms with van der Waals surface area (Å²) in [5.41, 5.74) is 0.414. The molecule has 114 valence electrons. The average Bonchev–Trinajstić information content (AvgIpc) is 2.74. The number of hydrogen-bond donors (Lipinski definition) is 2. The van der Waals surface area contributed by atoms with E-state index >= 15 is 0 Å². The van der Waals surface area contributed by atoms with Gasteiger partial charge in [0.15, 0.2) is 0 Å². The van der Waals surface area contributed by atoms with Crippen LogP contribution in [0.3, 0.4) is 0 Å². The summed E-state index contributed by atoms with van der Waals surface area (Å²) in [7, 11) is 0. The third kappa shape index (κ3) is 3.95. The second kappa shape index (κ2) is 7.28. The highest BCUT2D eigenvalue weighted by molar-refractivity contribution is 6.01. The number of nitrogens with one attached hydrogen (secondary N) is 1. The maximum atomic E-state index is 11.9. The van der Waals surface area contributed by atoms with Crippen LogP contribution in [0.4, 0.5) is 0 Å². The van der Waals surface area contributed by atoms with Gasteiger partial charge in [-0.15, -0.1) is 0 Å². The fourth-order valence-electron chi connectivity index (χ4n) is 1.76. The van der Waals surface area contributed by atoms with E-state index in [1.165, 1.54) is 13.0 Å². The van der Waals surface area contributed by atoms with Crippen LogP contribution in [0.25, 0.3) is 6.08 Å². The van der Waals surface area contributed by atoms with Gasteiger partial charge in [-0.25, -0.2) is 14.4 Å². The molecule has 0 saturated heterocycles. The quantitative estimate of drug-likeness (QED) is 0.612. The van der Waals surface area contributed by atoms with Gasteiger partial charge in [-0.1, -0.05) is 0 Å². The molecular weight excluding hydrogens is 278 g/mol. The zero-order valence-electron chi connectivity index (χ0n) is 12.1. The fourth-order valence-corrected chi connectivity index (χ4v) is 1.76. The van der Waals surface area contributed by atoms with E-state index in [0.717, 1.165) is 6.08 Å². The van der Waals surface area contributed by atoms with Crippen LogP contribution in [0.1, 0.15) is 46.0 Å². The van der Waals surface area contributed by atoms with Crippen molar-refractivity contribution in [1.29, 1.82) is 0 Å². The van der Waals surface area contributed by atoms with Crippen LogP contribution in [0.15, 0.2) is 6.08 Å². The maximum absolute atomic E-state index is 11.9. The van der Waals surface area contributed by atoms with Crippen molar-refractivity contribution >= 4 is 24.0 Å². The largest absolute Gasteiger partial charge is 0.477 e. The highest BCUT2D eigenvalue weighted by Crippen LogP contribution is 2.21. The van der Waals surface area contributed by atoms with Crippen LogP contribution in [0.2, 0.25) is 0 Å². The molecule has 1 aromatic heterocycles. The van der Waals surface area contributed by atoms with Crippen molar-refractivity contribution in [3.05, 3.63) is 28.6 Å². The SMILES string of the molecule is CCOC(=O)/C=C/c1[nH]c(C(=O)O)c(C)c1C(=O)OCC. The molecule has 0 radical (unpaired) electrons. The number of ether oxygens (including phenoxy) is 2. The topological polar surface area (TPSA) is 106 Å². The molecule has 0 saturated carbocycles. The highest BCUT2D eigenvalue weighted by Gasteiger charge is 2.23. The molecule has 0 fully saturated rings. The van der Waals surface area contributed by atoms with Crippen molar-refractivity contribution in [3.8, 4) is 0 Å². The van der Waals surface area contributed by atoms with Crippen molar-refractivity contribution in [2.45, 2.75) is 20.8 Å². The summed E-state index contributed by atoms with van der Waals surface area (Å²) in [4.78, 5) is 36.9. The first-order valence-electron chi connectivity index (χ1n) is 6.40. The number of carboxylic acids is 1. The molecule has 7 nitrogen and oxygen atoms in total. The Morgan fingerprint density at radius 2 is 1.81 bits per heavy atom. The number of hydrogen-bond acceptors (Lipinski definition) is 5. The maximum Gasteiger partial charge on any atom is 0.352 e. The lowest BCUT2D eigenvalue weighted by Crippen LogP contribution is -2.07. The second-order valence-electron chi connectivity index (χ2n) is 4.02. The van der Waals surface area contributed by atoms with Crippen LogP contribution >= 0.6 is 0 Å². The molecule has 21 heavy (non-hydrogen) atoms. The minimum atomic E-state index is -1.20. The van der Waals surface area contributed by atoms with Crippen LogP contribution < -0.4 is 0 Å². The van der Waals surface area contributed by atoms with Crippen molar-refractivity contribution in [2.75, 3.05) is 13.2 Å². The van der Waals surface area contributed by atoms with Crippen molar-refractivity contribution in [2.24, 2.45) is 0 Å². The van der Waals surface area contributed by atoms with Crippen molar-refractivity contribution in [3.63, 3.8) is 0 Å². The Balaban J connectivity index is 3.23. The standard InChI is InChI=1S/C14H17NO6/c1-4-20-10(16)7-6-9-11(14(19)21-5-2)8(3)12(15-9)13(17)18/h6-7,15H,4-5H2,1-3H3,(H,17,18)/b7-6+. The summed E-state index contributed by atoms with van der Waals surface area (Å²) in [6, 6.07) is 0. The van der Waals surface area contributed by atoms with Gasteiger partial charge in [0.05, 0.1) is 24.5 Å². The number of rotatable bonds is 6. The summed E-state index contributed by atoms with van der Waals surface area (Å²) in [5, 5.41) is 9.08. The third-order valence-corrected chi connectivity index (χ3v) is 2.65. The summed E-state index contributed by atoms with van der Waals surface area (Å²) in [6.07, 6.45) is 2.41. The van der Waals surface area contributed by atoms with E-state index in [4.69, 9.17) is 14.6 Å². The first-order chi connectivity index (χ1) is 9.92. The summed E-state index contributed by atoms with van der Waals surface area (Å²) in [5.74, 6) is -2.44. The Bertz CT molecular complexity index is 585. The molecule has 0 unspecified atom stereocenters. The number of esters is 2. The molecule has 0 spiro atoms. The minimum absolute atomic E-state index is 0.0924. The van der Waals surface area contributed by atoms with Gasteiger partial charge in [-0.05, 0) is 32.4 Å². The number of aromatic carboxylic acids is 1. The summed E-state index contributed by atoms with van der Waals surface area (Å²) in [6.45, 7) is 5.18. The number of carboxylic acid groups (broad SMARTS) is 1. The first kappa shape index (κ1) is 16.5. The third-order valence-electron chi connectivity index (χ3n) is 2.65. The first-order valence-corrected chi connectivity index (χ1v) is 6.40. The number of carbonyl (C=O) groups is 3. The summed E-state index contributed by atoms with van der Waals surface area (Å²) >= 11 is 0. The lowest BCUT2D eigenvalue weighted by Gasteiger charge is -2.02. The monoisotopic (exact) mass is 295 g/mol.